The maximum Gasteiger partial charge on any atom is 0.255 e. The van der Waals surface area contributed by atoms with Gasteiger partial charge >= 0.3 is 0 Å². The zero-order valence-corrected chi connectivity index (χ0v) is 24.3. The van der Waals surface area contributed by atoms with Crippen LogP contribution in [0.3, 0.4) is 0 Å². The average Bonchev–Trinajstić information content (AvgIpc) is 2.80. The zero-order chi connectivity index (χ0) is 25.2. The summed E-state index contributed by atoms with van der Waals surface area (Å²) in [6, 6.07) is 5.84. The first-order valence-corrected chi connectivity index (χ1v) is 12.7. The van der Waals surface area contributed by atoms with Gasteiger partial charge in [0.05, 0.1) is 12.0 Å². The van der Waals surface area contributed by atoms with E-state index in [1.165, 1.54) is 28.2 Å². The summed E-state index contributed by atoms with van der Waals surface area (Å²) in [5.41, 5.74) is 6.05. The first-order chi connectivity index (χ1) is 14.1. The molecule has 1 aliphatic rings. The number of nitrogens with zero attached hydrogens (tertiary/aromatic N) is 2. The molecule has 2 nitrogen and oxygen atoms in total. The van der Waals surface area contributed by atoms with E-state index in [0.29, 0.717) is 18.0 Å². The summed E-state index contributed by atoms with van der Waals surface area (Å²) >= 11 is 0. The Morgan fingerprint density at radius 3 is 1.69 bits per heavy atom. The number of hydrogen-bond acceptors (Lipinski definition) is 1. The molecule has 0 N–H and O–H groups in total. The van der Waals surface area contributed by atoms with Crippen LogP contribution >= 0.6 is 0 Å². The van der Waals surface area contributed by atoms with Crippen LogP contribution in [0.1, 0.15) is 121 Å². The highest BCUT2D eigenvalue weighted by Gasteiger charge is 2.60. The number of rotatable bonds is 3. The van der Waals surface area contributed by atoms with Crippen molar-refractivity contribution in [2.45, 2.75) is 139 Å². The lowest BCUT2D eigenvalue weighted by Crippen LogP contribution is -2.55. The zero-order valence-electron chi connectivity index (χ0n) is 24.3. The number of anilines is 1. The molecule has 0 aromatic heterocycles. The molecule has 2 heteroatoms. The molecule has 0 saturated heterocycles. The van der Waals surface area contributed by atoms with E-state index in [1.54, 1.807) is 0 Å². The molecule has 1 aliphatic heterocycles. The molecule has 32 heavy (non-hydrogen) atoms. The van der Waals surface area contributed by atoms with Crippen molar-refractivity contribution < 1.29 is 4.58 Å². The summed E-state index contributed by atoms with van der Waals surface area (Å²) < 4.78 is 2.74. The summed E-state index contributed by atoms with van der Waals surface area (Å²) in [6.45, 7) is 38.1. The van der Waals surface area contributed by atoms with Gasteiger partial charge in [0.2, 0.25) is 0 Å². The second-order valence-corrected chi connectivity index (χ2v) is 14.4. The first kappa shape index (κ1) is 26.9. The van der Waals surface area contributed by atoms with E-state index in [0.717, 1.165) is 0 Å². The SMILES string of the molecule is Cc1c(N2C(C(C)C)=[N+](C(C)C)[C@H](C(C)(C)C)C2(C)C)cc(C(C)(C)C)cc1C(C)(C)C. The maximum atomic E-state index is 2.74. The minimum absolute atomic E-state index is 0.0292. The fourth-order valence-corrected chi connectivity index (χ4v) is 6.18. The van der Waals surface area contributed by atoms with Crippen LogP contribution in [0.5, 0.6) is 0 Å². The Labute approximate surface area is 200 Å². The molecule has 0 unspecified atom stereocenters. The van der Waals surface area contributed by atoms with E-state index in [1.807, 2.05) is 0 Å². The molecule has 0 radical (unpaired) electrons. The molecule has 0 spiro atoms. The molecule has 1 aromatic rings. The third kappa shape index (κ3) is 4.66. The highest BCUT2D eigenvalue weighted by molar-refractivity contribution is 5.99. The van der Waals surface area contributed by atoms with Gasteiger partial charge in [-0.25, -0.2) is 4.90 Å². The fourth-order valence-electron chi connectivity index (χ4n) is 6.18. The third-order valence-corrected chi connectivity index (χ3v) is 7.21. The minimum atomic E-state index is -0.0292. The molecule has 0 bridgehead atoms. The third-order valence-electron chi connectivity index (χ3n) is 7.21. The van der Waals surface area contributed by atoms with Crippen LogP contribution in [-0.4, -0.2) is 28.0 Å². The molecule has 1 aromatic carbocycles. The molecular formula is C30H53N2+. The summed E-state index contributed by atoms with van der Waals surface area (Å²) in [7, 11) is 0. The topological polar surface area (TPSA) is 6.25 Å². The van der Waals surface area contributed by atoms with Crippen molar-refractivity contribution in [1.82, 2.24) is 0 Å². The molecule has 0 aliphatic carbocycles. The van der Waals surface area contributed by atoms with Crippen LogP contribution in [-0.2, 0) is 10.8 Å². The van der Waals surface area contributed by atoms with Crippen molar-refractivity contribution in [1.29, 1.82) is 0 Å². The monoisotopic (exact) mass is 441 g/mol. The van der Waals surface area contributed by atoms with Crippen molar-refractivity contribution in [3.63, 3.8) is 0 Å². The molecule has 182 valence electrons. The summed E-state index contributed by atoms with van der Waals surface area (Å²) in [5.74, 6) is 1.92. The Balaban J connectivity index is 3.02. The highest BCUT2D eigenvalue weighted by atomic mass is 15.4. The molecule has 1 heterocycles. The van der Waals surface area contributed by atoms with Crippen LogP contribution < -0.4 is 4.90 Å². The van der Waals surface area contributed by atoms with Gasteiger partial charge in [0, 0.05) is 5.41 Å². The second-order valence-electron chi connectivity index (χ2n) is 14.4. The fraction of sp³-hybridized carbons (Fsp3) is 0.767. The molecule has 0 saturated carbocycles. The van der Waals surface area contributed by atoms with Gasteiger partial charge in [-0.2, -0.15) is 0 Å². The van der Waals surface area contributed by atoms with Gasteiger partial charge < -0.3 is 0 Å². The van der Waals surface area contributed by atoms with Crippen LogP contribution in [0.15, 0.2) is 12.1 Å². The Kier molecular flexibility index (Phi) is 6.88. The van der Waals surface area contributed by atoms with Gasteiger partial charge in [-0.05, 0) is 68.2 Å². The molecular weight excluding hydrogens is 388 g/mol. The van der Waals surface area contributed by atoms with E-state index in [2.05, 4.69) is 132 Å². The molecule has 0 fully saturated rings. The first-order valence-electron chi connectivity index (χ1n) is 12.7. The van der Waals surface area contributed by atoms with Crippen molar-refractivity contribution >= 4 is 11.5 Å². The normalized spacial score (nSPS) is 20.2. The number of benzene rings is 1. The van der Waals surface area contributed by atoms with Crippen LogP contribution in [0.2, 0.25) is 0 Å². The van der Waals surface area contributed by atoms with E-state index in [-0.39, 0.29) is 21.8 Å². The Bertz CT molecular complexity index is 877. The van der Waals surface area contributed by atoms with Gasteiger partial charge in [0.1, 0.15) is 17.3 Å². The van der Waals surface area contributed by atoms with Crippen LogP contribution in [0.4, 0.5) is 5.69 Å². The lowest BCUT2D eigenvalue weighted by Gasteiger charge is -2.39. The van der Waals surface area contributed by atoms with Crippen molar-refractivity contribution in [2.75, 3.05) is 4.90 Å². The van der Waals surface area contributed by atoms with E-state index >= 15 is 0 Å². The maximum absolute atomic E-state index is 2.74. The van der Waals surface area contributed by atoms with Crippen molar-refractivity contribution in [3.05, 3.63) is 28.8 Å². The Morgan fingerprint density at radius 1 is 0.844 bits per heavy atom. The Morgan fingerprint density at radius 2 is 1.34 bits per heavy atom. The minimum Gasteiger partial charge on any atom is -0.255 e. The predicted molar refractivity (Wildman–Crippen MR) is 144 cm³/mol. The lowest BCUT2D eigenvalue weighted by molar-refractivity contribution is -0.608. The largest absolute Gasteiger partial charge is 0.255 e. The predicted octanol–water partition coefficient (Wildman–Crippen LogP) is 8.08. The smallest absolute Gasteiger partial charge is 0.255 e. The lowest BCUT2D eigenvalue weighted by atomic mass is 9.74. The summed E-state index contributed by atoms with van der Waals surface area (Å²) in [6.07, 6.45) is 0. The second kappa shape index (κ2) is 8.17. The standard InChI is InChI=1S/C30H53N2/c1-19(2)25-31(20(3)4)26(29(12,13)14)30(15,16)32(25)24-18-22(27(6,7)8)17-23(21(24)5)28(9,10)11/h17-20,26H,1-16H3/q+1/t26-/m1/s1. The van der Waals surface area contributed by atoms with Gasteiger partial charge in [0.15, 0.2) is 0 Å². The summed E-state index contributed by atoms with van der Waals surface area (Å²) in [4.78, 5) is 2.73. The van der Waals surface area contributed by atoms with E-state index < -0.39 is 0 Å². The van der Waals surface area contributed by atoms with Crippen LogP contribution in [0.25, 0.3) is 0 Å². The van der Waals surface area contributed by atoms with E-state index in [9.17, 15) is 0 Å². The molecule has 0 amide bonds. The van der Waals surface area contributed by atoms with Crippen molar-refractivity contribution in [2.24, 2.45) is 11.3 Å². The quantitative estimate of drug-likeness (QED) is 0.430. The van der Waals surface area contributed by atoms with Gasteiger partial charge in [0.25, 0.3) is 5.84 Å². The highest BCUT2D eigenvalue weighted by Crippen LogP contribution is 2.46. The van der Waals surface area contributed by atoms with Gasteiger partial charge in [-0.15, -0.1) is 0 Å². The van der Waals surface area contributed by atoms with Crippen molar-refractivity contribution in [3.8, 4) is 0 Å². The van der Waals surface area contributed by atoms with Gasteiger partial charge in [-0.3, -0.25) is 4.58 Å². The number of amidine groups is 1. The summed E-state index contributed by atoms with van der Waals surface area (Å²) in [5, 5.41) is 0. The molecule has 2 rings (SSSR count). The number of hydrogen-bond donors (Lipinski definition) is 0. The molecule has 1 atom stereocenters. The Hall–Kier alpha value is -1.31. The van der Waals surface area contributed by atoms with Gasteiger partial charge in [-0.1, -0.05) is 82.2 Å². The van der Waals surface area contributed by atoms with E-state index in [4.69, 9.17) is 0 Å². The van der Waals surface area contributed by atoms with Crippen LogP contribution in [0, 0.1) is 18.3 Å². The average molecular weight is 442 g/mol.